The number of hydrogen-bond donors (Lipinski definition) is 3. The molecule has 0 amide bonds. The van der Waals surface area contributed by atoms with Gasteiger partial charge >= 0.3 is 5.69 Å². The van der Waals surface area contributed by atoms with E-state index in [-0.39, 0.29) is 23.0 Å². The third-order valence-electron chi connectivity index (χ3n) is 3.13. The molecule has 0 fully saturated rings. The van der Waals surface area contributed by atoms with Crippen molar-refractivity contribution in [2.24, 2.45) is 5.92 Å². The maximum absolute atomic E-state index is 12.0. The van der Waals surface area contributed by atoms with Gasteiger partial charge in [0.25, 0.3) is 5.56 Å². The van der Waals surface area contributed by atoms with Gasteiger partial charge in [-0.2, -0.15) is 0 Å². The molecule has 1 aromatic rings. The van der Waals surface area contributed by atoms with Gasteiger partial charge in [-0.1, -0.05) is 27.2 Å². The summed E-state index contributed by atoms with van der Waals surface area (Å²) in [6.07, 6.45) is 1.89. The van der Waals surface area contributed by atoms with E-state index in [1.165, 1.54) is 4.57 Å². The second-order valence-corrected chi connectivity index (χ2v) is 6.28. The van der Waals surface area contributed by atoms with Gasteiger partial charge in [0.2, 0.25) is 0 Å². The first-order valence-corrected chi connectivity index (χ1v) is 7.08. The van der Waals surface area contributed by atoms with Gasteiger partial charge in [-0.3, -0.25) is 14.3 Å². The summed E-state index contributed by atoms with van der Waals surface area (Å²) in [4.78, 5) is 26.1. The molecule has 20 heavy (non-hydrogen) atoms. The lowest BCUT2D eigenvalue weighted by Gasteiger charge is -2.28. The lowest BCUT2D eigenvalue weighted by atomic mass is 9.99. The quantitative estimate of drug-likeness (QED) is 0.741. The van der Waals surface area contributed by atoms with E-state index < -0.39 is 11.2 Å². The van der Waals surface area contributed by atoms with Crippen molar-refractivity contribution in [1.29, 1.82) is 0 Å². The Kier molecular flexibility index (Phi) is 5.03. The molecule has 6 nitrogen and oxygen atoms in total. The second kappa shape index (κ2) is 6.15. The van der Waals surface area contributed by atoms with Crippen LogP contribution in [0.15, 0.2) is 9.59 Å². The van der Waals surface area contributed by atoms with Crippen molar-refractivity contribution in [1.82, 2.24) is 9.55 Å². The third kappa shape index (κ3) is 3.88. The van der Waals surface area contributed by atoms with Crippen LogP contribution in [-0.2, 0) is 6.54 Å². The van der Waals surface area contributed by atoms with Crippen molar-refractivity contribution in [2.45, 2.75) is 59.5 Å². The molecule has 0 bridgehead atoms. The topological polar surface area (TPSA) is 92.9 Å². The first kappa shape index (κ1) is 16.3. The number of aromatic nitrogens is 2. The molecule has 1 aromatic heterocycles. The molecule has 0 aliphatic rings. The Hall–Kier alpha value is -1.72. The van der Waals surface area contributed by atoms with Gasteiger partial charge in [0, 0.05) is 12.1 Å². The van der Waals surface area contributed by atoms with Crippen LogP contribution < -0.4 is 22.3 Å². The molecule has 0 radical (unpaired) electrons. The Labute approximate surface area is 119 Å². The smallest absolute Gasteiger partial charge is 0.330 e. The highest BCUT2D eigenvalue weighted by Crippen LogP contribution is 2.20. The van der Waals surface area contributed by atoms with E-state index in [0.29, 0.717) is 6.54 Å². The lowest BCUT2D eigenvalue weighted by molar-refractivity contribution is 0.497. The van der Waals surface area contributed by atoms with Crippen LogP contribution >= 0.6 is 0 Å². The minimum absolute atomic E-state index is 0.205. The monoisotopic (exact) mass is 282 g/mol. The normalized spacial score (nSPS) is 11.9. The number of H-pyrrole nitrogens is 1. The third-order valence-corrected chi connectivity index (χ3v) is 3.13. The highest BCUT2D eigenvalue weighted by Gasteiger charge is 2.21. The van der Waals surface area contributed by atoms with Crippen molar-refractivity contribution in [3.05, 3.63) is 20.8 Å². The second-order valence-electron chi connectivity index (χ2n) is 6.28. The van der Waals surface area contributed by atoms with Crippen LogP contribution in [0.4, 0.5) is 11.5 Å². The molecule has 4 N–H and O–H groups in total. The number of anilines is 2. The molecule has 6 heteroatoms. The summed E-state index contributed by atoms with van der Waals surface area (Å²) in [5.41, 5.74) is 5.12. The van der Waals surface area contributed by atoms with Gasteiger partial charge < -0.3 is 11.1 Å². The first-order chi connectivity index (χ1) is 9.18. The summed E-state index contributed by atoms with van der Waals surface area (Å²) in [6, 6.07) is 0. The number of nitrogens with two attached hydrogens (primary N) is 1. The molecule has 0 spiro atoms. The Bertz CT molecular complexity index is 570. The number of nitrogen functional groups attached to an aromatic ring is 1. The summed E-state index contributed by atoms with van der Waals surface area (Å²) < 4.78 is 1.41. The Balaban J connectivity index is 3.27. The number of nitrogens with one attached hydrogen (secondary N) is 2. The largest absolute Gasteiger partial charge is 0.383 e. The molecule has 0 saturated heterocycles. The van der Waals surface area contributed by atoms with E-state index in [0.717, 1.165) is 12.8 Å². The van der Waals surface area contributed by atoms with Crippen LogP contribution in [0, 0.1) is 5.92 Å². The fraction of sp³-hybridized carbons (Fsp3) is 0.714. The minimum atomic E-state index is -0.461. The molecule has 1 heterocycles. The fourth-order valence-electron chi connectivity index (χ4n) is 2.28. The lowest BCUT2D eigenvalue weighted by Crippen LogP contribution is -2.39. The average molecular weight is 282 g/mol. The Morgan fingerprint density at radius 2 is 1.95 bits per heavy atom. The van der Waals surface area contributed by atoms with Crippen LogP contribution in [0.2, 0.25) is 0 Å². The van der Waals surface area contributed by atoms with Crippen LogP contribution in [0.3, 0.4) is 0 Å². The number of hydrogen-bond acceptors (Lipinski definition) is 4. The van der Waals surface area contributed by atoms with Gasteiger partial charge in [-0.25, -0.2) is 4.79 Å². The molecular weight excluding hydrogens is 256 g/mol. The molecule has 114 valence electrons. The summed E-state index contributed by atoms with van der Waals surface area (Å²) in [5.74, 6) is 0.467. The van der Waals surface area contributed by atoms with E-state index in [1.54, 1.807) is 0 Å². The molecule has 0 unspecified atom stereocenters. The molecule has 1 rings (SSSR count). The number of nitrogens with zero attached hydrogens (tertiary/aromatic N) is 1. The number of rotatable bonds is 6. The minimum Gasteiger partial charge on any atom is -0.383 e. The number of aromatic amines is 1. The maximum Gasteiger partial charge on any atom is 0.330 e. The summed E-state index contributed by atoms with van der Waals surface area (Å²) >= 11 is 0. The van der Waals surface area contributed by atoms with Gasteiger partial charge in [0.05, 0.1) is 0 Å². The van der Waals surface area contributed by atoms with E-state index in [4.69, 9.17) is 5.73 Å². The highest BCUT2D eigenvalue weighted by atomic mass is 16.2. The molecular formula is C14H26N4O2. The van der Waals surface area contributed by atoms with Gasteiger partial charge in [0.15, 0.2) is 0 Å². The molecule has 0 aromatic carbocycles. The van der Waals surface area contributed by atoms with Crippen molar-refractivity contribution in [2.75, 3.05) is 11.1 Å². The standard InChI is InChI=1S/C14H26N4O2/c1-6-7-14(4,5)17-10-11(15)18(8-9(2)3)13(20)16-12(10)19/h9,17H,6-8,15H2,1-5H3,(H,16,19,20). The van der Waals surface area contributed by atoms with Gasteiger partial charge in [-0.05, 0) is 26.2 Å². The summed E-state index contributed by atoms with van der Waals surface area (Å²) in [6.45, 7) is 10.6. The summed E-state index contributed by atoms with van der Waals surface area (Å²) in [7, 11) is 0. The van der Waals surface area contributed by atoms with Crippen LogP contribution in [-0.4, -0.2) is 15.1 Å². The Morgan fingerprint density at radius 3 is 2.45 bits per heavy atom. The molecule has 0 aliphatic heterocycles. The maximum atomic E-state index is 12.0. The van der Waals surface area contributed by atoms with Crippen LogP contribution in [0.5, 0.6) is 0 Å². The SMILES string of the molecule is CCCC(C)(C)Nc1c(N)n(CC(C)C)c(=O)[nH]c1=O. The van der Waals surface area contributed by atoms with Crippen LogP contribution in [0.1, 0.15) is 47.5 Å². The zero-order valence-corrected chi connectivity index (χ0v) is 13.0. The first-order valence-electron chi connectivity index (χ1n) is 7.08. The molecule has 0 aliphatic carbocycles. The van der Waals surface area contributed by atoms with E-state index in [9.17, 15) is 9.59 Å². The zero-order chi connectivity index (χ0) is 15.5. The average Bonchev–Trinajstić information content (AvgIpc) is 2.30. The van der Waals surface area contributed by atoms with Gasteiger partial charge in [0.1, 0.15) is 11.5 Å². The highest BCUT2D eigenvalue weighted by molar-refractivity contribution is 5.61. The predicted octanol–water partition coefficient (Wildman–Crippen LogP) is 1.77. The predicted molar refractivity (Wildman–Crippen MR) is 83.2 cm³/mol. The van der Waals surface area contributed by atoms with E-state index in [1.807, 2.05) is 27.7 Å². The van der Waals surface area contributed by atoms with Crippen molar-refractivity contribution in [3.63, 3.8) is 0 Å². The van der Waals surface area contributed by atoms with Gasteiger partial charge in [-0.15, -0.1) is 0 Å². The zero-order valence-electron chi connectivity index (χ0n) is 13.0. The van der Waals surface area contributed by atoms with E-state index >= 15 is 0 Å². The Morgan fingerprint density at radius 1 is 1.35 bits per heavy atom. The molecule has 0 atom stereocenters. The van der Waals surface area contributed by atoms with Crippen molar-refractivity contribution < 1.29 is 0 Å². The van der Waals surface area contributed by atoms with Crippen molar-refractivity contribution in [3.8, 4) is 0 Å². The molecule has 0 saturated carbocycles. The fourth-order valence-corrected chi connectivity index (χ4v) is 2.28. The van der Waals surface area contributed by atoms with E-state index in [2.05, 4.69) is 17.2 Å². The summed E-state index contributed by atoms with van der Waals surface area (Å²) in [5, 5.41) is 3.17. The van der Waals surface area contributed by atoms with Crippen LogP contribution in [0.25, 0.3) is 0 Å². The van der Waals surface area contributed by atoms with Crippen molar-refractivity contribution >= 4 is 11.5 Å².